The van der Waals surface area contributed by atoms with Crippen LogP contribution >= 0.6 is 7.82 Å². The van der Waals surface area contributed by atoms with Crippen molar-refractivity contribution in [3.05, 3.63) is 85.1 Å². The van der Waals surface area contributed by atoms with Gasteiger partial charge in [0.15, 0.2) is 0 Å². The summed E-state index contributed by atoms with van der Waals surface area (Å²) in [5.41, 5.74) is 0. The molecule has 0 fully saturated rings. The van der Waals surface area contributed by atoms with Crippen molar-refractivity contribution in [2.24, 2.45) is 0 Å². The van der Waals surface area contributed by atoms with Crippen LogP contribution in [0.5, 0.6) is 0 Å². The number of esters is 1. The Hall–Kier alpha value is -2.81. The van der Waals surface area contributed by atoms with E-state index in [0.29, 0.717) is 23.9 Å². The van der Waals surface area contributed by atoms with E-state index in [0.717, 1.165) is 83.5 Å². The quantitative estimate of drug-likeness (QED) is 0.0212. The largest absolute Gasteiger partial charge is 0.756 e. The molecule has 0 heterocycles. The van der Waals surface area contributed by atoms with Crippen molar-refractivity contribution in [3.8, 4) is 0 Å². The third-order valence-corrected chi connectivity index (χ3v) is 14.3. The fourth-order valence-corrected chi connectivity index (χ4v) is 9.28. The number of unbranched alkanes of at least 4 members (excludes halogenated alkanes) is 27. The number of nitrogens with one attached hydrogen (secondary N) is 1. The standard InChI is InChI=1S/C65H117N2O7P/c1-7-10-13-16-19-22-25-27-29-31-32-33-34-36-37-39-42-45-48-51-54-57-64(68)66-62(61-73-75(70,71)72-60-59-67(4,5)6)63(56-53-50-47-44-41-24-21-18-15-12-9-3)74-65(69)58-55-52-49-46-43-40-38-35-30-28-26-23-20-17-14-11-8-2/h11,14,20,23,27-30,38,40,46,49,53,56,62-63H,7-10,12-13,15-19,21-22,24-26,31-37,39,41-45,47-48,50-52,54-55,57-61H2,1-6H3,(H-,66,68,70,71)/b14-11-,23-20-,29-27+,30-28-,40-38-,49-46-,56-53-. The van der Waals surface area contributed by atoms with E-state index in [1.165, 1.54) is 141 Å². The van der Waals surface area contributed by atoms with E-state index in [1.54, 1.807) is 0 Å². The number of quaternary nitrogens is 1. The highest BCUT2D eigenvalue weighted by Gasteiger charge is 2.27. The lowest BCUT2D eigenvalue weighted by molar-refractivity contribution is -0.870. The summed E-state index contributed by atoms with van der Waals surface area (Å²) in [5, 5.41) is 3.01. The van der Waals surface area contributed by atoms with Crippen molar-refractivity contribution >= 4 is 19.7 Å². The summed E-state index contributed by atoms with van der Waals surface area (Å²) >= 11 is 0. The second-order valence-corrected chi connectivity index (χ2v) is 23.2. The van der Waals surface area contributed by atoms with Gasteiger partial charge in [-0.05, 0) is 96.0 Å². The number of phosphoric acid groups is 1. The summed E-state index contributed by atoms with van der Waals surface area (Å²) in [7, 11) is 1.15. The Labute approximate surface area is 463 Å². The van der Waals surface area contributed by atoms with Gasteiger partial charge in [-0.1, -0.05) is 241 Å². The second kappa shape index (κ2) is 54.5. The first-order valence-electron chi connectivity index (χ1n) is 30.9. The van der Waals surface area contributed by atoms with Crippen molar-refractivity contribution in [2.45, 2.75) is 277 Å². The van der Waals surface area contributed by atoms with Crippen LogP contribution in [0.15, 0.2) is 85.1 Å². The number of hydrogen-bond donors (Lipinski definition) is 1. The number of carbonyl (C=O) groups excluding carboxylic acids is 2. The minimum absolute atomic E-state index is 0.0340. The molecule has 0 bridgehead atoms. The van der Waals surface area contributed by atoms with E-state index in [2.05, 4.69) is 99.0 Å². The average molecular weight is 1070 g/mol. The van der Waals surface area contributed by atoms with E-state index >= 15 is 0 Å². The van der Waals surface area contributed by atoms with E-state index < -0.39 is 32.5 Å². The van der Waals surface area contributed by atoms with Crippen molar-refractivity contribution in [3.63, 3.8) is 0 Å². The zero-order valence-electron chi connectivity index (χ0n) is 49.5. The highest BCUT2D eigenvalue weighted by atomic mass is 31.2. The van der Waals surface area contributed by atoms with Gasteiger partial charge in [0.05, 0.1) is 33.8 Å². The molecule has 0 saturated carbocycles. The van der Waals surface area contributed by atoms with Crippen LogP contribution in [-0.4, -0.2) is 69.4 Å². The van der Waals surface area contributed by atoms with E-state index in [-0.39, 0.29) is 18.9 Å². The zero-order valence-corrected chi connectivity index (χ0v) is 50.4. The highest BCUT2D eigenvalue weighted by Crippen LogP contribution is 2.38. The molecule has 0 saturated heterocycles. The van der Waals surface area contributed by atoms with Crippen LogP contribution in [0.1, 0.15) is 265 Å². The Morgan fingerprint density at radius 3 is 1.32 bits per heavy atom. The molecule has 3 atom stereocenters. The van der Waals surface area contributed by atoms with Gasteiger partial charge in [0.2, 0.25) is 5.91 Å². The number of allylic oxidation sites excluding steroid dienone is 13. The molecule has 9 nitrogen and oxygen atoms in total. The van der Waals surface area contributed by atoms with Crippen molar-refractivity contribution in [2.75, 3.05) is 40.9 Å². The van der Waals surface area contributed by atoms with Crippen LogP contribution < -0.4 is 10.2 Å². The number of ether oxygens (including phenoxy) is 1. The number of carbonyl (C=O) groups is 2. The van der Waals surface area contributed by atoms with Gasteiger partial charge in [-0.15, -0.1) is 0 Å². The van der Waals surface area contributed by atoms with Gasteiger partial charge >= 0.3 is 5.97 Å². The summed E-state index contributed by atoms with van der Waals surface area (Å²) < 4.78 is 30.2. The molecular weight excluding hydrogens is 952 g/mol. The molecule has 0 spiro atoms. The molecule has 0 aliphatic carbocycles. The number of amides is 1. The lowest BCUT2D eigenvalue weighted by Gasteiger charge is -2.30. The maximum atomic E-state index is 13.5. The third-order valence-electron chi connectivity index (χ3n) is 13.3. The Morgan fingerprint density at radius 1 is 0.480 bits per heavy atom. The van der Waals surface area contributed by atoms with Gasteiger partial charge in [-0.25, -0.2) is 0 Å². The molecule has 10 heteroatoms. The van der Waals surface area contributed by atoms with Crippen LogP contribution in [0, 0.1) is 0 Å². The van der Waals surface area contributed by atoms with E-state index in [9.17, 15) is 19.0 Å². The molecule has 3 unspecified atom stereocenters. The summed E-state index contributed by atoms with van der Waals surface area (Å²) in [5.74, 6) is -0.610. The third kappa shape index (κ3) is 55.7. The van der Waals surface area contributed by atoms with Crippen LogP contribution in [0.2, 0.25) is 0 Å². The SMILES string of the molecule is CC/C=C\C/C=C\C/C=C\C/C=C\C/C=C\CCCC(=O)OC(/C=C\CCCCCCCCCCC)C(COP(=O)([O-])OCC[N+](C)(C)C)NC(=O)CCCCCCCCCCCCC/C=C/CCCCCCCC. The smallest absolute Gasteiger partial charge is 0.306 e. The summed E-state index contributed by atoms with van der Waals surface area (Å²) in [6.45, 7) is 6.68. The van der Waals surface area contributed by atoms with Gasteiger partial charge < -0.3 is 28.5 Å². The molecular formula is C65H117N2O7P. The fraction of sp³-hybridized carbons (Fsp3) is 0.754. The number of likely N-dealkylation sites (N-methyl/N-ethyl adjacent to an activating group) is 1. The maximum absolute atomic E-state index is 13.5. The molecule has 0 aromatic rings. The first-order valence-corrected chi connectivity index (χ1v) is 32.4. The van der Waals surface area contributed by atoms with Crippen molar-refractivity contribution < 1.29 is 37.3 Å². The normalized spacial score (nSPS) is 14.3. The Morgan fingerprint density at radius 2 is 0.867 bits per heavy atom. The molecule has 1 N–H and O–H groups in total. The molecule has 0 aromatic carbocycles. The Balaban J connectivity index is 5.27. The van der Waals surface area contributed by atoms with Gasteiger partial charge in [0, 0.05) is 12.8 Å². The molecule has 0 radical (unpaired) electrons. The molecule has 0 aliphatic rings. The van der Waals surface area contributed by atoms with Crippen LogP contribution in [0.25, 0.3) is 0 Å². The maximum Gasteiger partial charge on any atom is 0.306 e. The molecule has 75 heavy (non-hydrogen) atoms. The minimum atomic E-state index is -4.71. The predicted molar refractivity (Wildman–Crippen MR) is 321 cm³/mol. The molecule has 0 rings (SSSR count). The zero-order chi connectivity index (χ0) is 55.0. The second-order valence-electron chi connectivity index (χ2n) is 21.8. The number of hydrogen-bond acceptors (Lipinski definition) is 7. The van der Waals surface area contributed by atoms with E-state index in [4.69, 9.17) is 13.8 Å². The van der Waals surface area contributed by atoms with Crippen LogP contribution in [0.4, 0.5) is 0 Å². The predicted octanol–water partition coefficient (Wildman–Crippen LogP) is 18.4. The first-order chi connectivity index (χ1) is 36.4. The van der Waals surface area contributed by atoms with Crippen LogP contribution in [0.3, 0.4) is 0 Å². The number of rotatable bonds is 55. The van der Waals surface area contributed by atoms with Crippen molar-refractivity contribution in [1.29, 1.82) is 0 Å². The molecule has 0 aromatic heterocycles. The Kier molecular flexibility index (Phi) is 52.5. The van der Waals surface area contributed by atoms with Gasteiger partial charge in [-0.2, -0.15) is 0 Å². The number of phosphoric ester groups is 1. The number of nitrogens with zero attached hydrogens (tertiary/aromatic N) is 1. The van der Waals surface area contributed by atoms with Gasteiger partial charge in [-0.3, -0.25) is 14.2 Å². The van der Waals surface area contributed by atoms with Crippen LogP contribution in [-0.2, 0) is 27.9 Å². The lowest BCUT2D eigenvalue weighted by Crippen LogP contribution is -2.47. The fourth-order valence-electron chi connectivity index (χ4n) is 8.55. The topological polar surface area (TPSA) is 114 Å². The summed E-state index contributed by atoms with van der Waals surface area (Å²) in [6, 6.07) is -0.914. The summed E-state index contributed by atoms with van der Waals surface area (Å²) in [6.07, 6.45) is 71.3. The molecule has 0 aliphatic heterocycles. The highest BCUT2D eigenvalue weighted by molar-refractivity contribution is 7.45. The van der Waals surface area contributed by atoms with E-state index in [1.807, 2.05) is 33.3 Å². The average Bonchev–Trinajstić information content (AvgIpc) is 3.37. The van der Waals surface area contributed by atoms with Gasteiger partial charge in [0.25, 0.3) is 7.82 Å². The molecule has 1 amide bonds. The monoisotopic (exact) mass is 1070 g/mol. The summed E-state index contributed by atoms with van der Waals surface area (Å²) in [4.78, 5) is 39.9. The minimum Gasteiger partial charge on any atom is -0.756 e. The van der Waals surface area contributed by atoms with Gasteiger partial charge in [0.1, 0.15) is 19.3 Å². The molecule has 434 valence electrons. The Bertz CT molecular complexity index is 1560. The van der Waals surface area contributed by atoms with Crippen molar-refractivity contribution in [1.82, 2.24) is 5.32 Å². The first kappa shape index (κ1) is 72.2. The lowest BCUT2D eigenvalue weighted by atomic mass is 10.0.